The maximum atomic E-state index is 11.9. The predicted molar refractivity (Wildman–Crippen MR) is 139 cm³/mol. The zero-order valence-corrected chi connectivity index (χ0v) is 21.0. The standard InChI is InChI=1S/C28H34N4O3/c1-5-25-30-24-18-29-23-17-21(35-19-20-11-7-6-8-12-20)13-14-22(23)26(24)32(25)15-9-10-16-34-27(33)31-28(2,3)4/h6-8,11-14,17-18H,5,9-10,15-16,19H2,1-4H3,(H,31,33). The van der Waals surface area contributed by atoms with Crippen molar-refractivity contribution in [1.82, 2.24) is 19.9 Å². The summed E-state index contributed by atoms with van der Waals surface area (Å²) in [6.07, 6.45) is 3.96. The SMILES string of the molecule is CCc1nc2cnc3cc(OCc4ccccc4)ccc3c2n1CCCCOC(=O)NC(C)(C)C. The van der Waals surface area contributed by atoms with Crippen LogP contribution < -0.4 is 10.1 Å². The summed E-state index contributed by atoms with van der Waals surface area (Å²) >= 11 is 0. The highest BCUT2D eigenvalue weighted by Gasteiger charge is 2.16. The summed E-state index contributed by atoms with van der Waals surface area (Å²) in [6, 6.07) is 16.2. The Morgan fingerprint density at radius 2 is 1.86 bits per heavy atom. The minimum Gasteiger partial charge on any atom is -0.489 e. The summed E-state index contributed by atoms with van der Waals surface area (Å²) < 4.78 is 13.6. The number of amides is 1. The lowest BCUT2D eigenvalue weighted by Gasteiger charge is -2.19. The molecule has 7 heteroatoms. The van der Waals surface area contributed by atoms with Gasteiger partial charge >= 0.3 is 6.09 Å². The Hall–Kier alpha value is -3.61. The van der Waals surface area contributed by atoms with Crippen molar-refractivity contribution in [1.29, 1.82) is 0 Å². The maximum Gasteiger partial charge on any atom is 0.407 e. The second-order valence-corrected chi connectivity index (χ2v) is 9.70. The van der Waals surface area contributed by atoms with Crippen LogP contribution in [0.1, 0.15) is 51.9 Å². The number of benzene rings is 2. The molecule has 0 aliphatic heterocycles. The smallest absolute Gasteiger partial charge is 0.407 e. The number of alkyl carbamates (subject to hydrolysis) is 1. The number of nitrogens with zero attached hydrogens (tertiary/aromatic N) is 3. The number of hydrogen-bond donors (Lipinski definition) is 1. The van der Waals surface area contributed by atoms with E-state index in [4.69, 9.17) is 14.5 Å². The van der Waals surface area contributed by atoms with Crippen LogP contribution in [-0.4, -0.2) is 32.8 Å². The average molecular weight is 475 g/mol. The number of carbonyl (C=O) groups is 1. The molecular weight excluding hydrogens is 440 g/mol. The third-order valence-corrected chi connectivity index (χ3v) is 5.67. The monoisotopic (exact) mass is 474 g/mol. The minimum atomic E-state index is -0.373. The highest BCUT2D eigenvalue weighted by Crippen LogP contribution is 2.28. The maximum absolute atomic E-state index is 11.9. The molecule has 2 aromatic heterocycles. The topological polar surface area (TPSA) is 78.3 Å². The first kappa shape index (κ1) is 24.5. The van der Waals surface area contributed by atoms with Crippen LogP contribution in [0.4, 0.5) is 4.79 Å². The van der Waals surface area contributed by atoms with Gasteiger partial charge in [-0.1, -0.05) is 37.3 Å². The van der Waals surface area contributed by atoms with Crippen molar-refractivity contribution >= 4 is 28.0 Å². The van der Waals surface area contributed by atoms with Gasteiger partial charge in [0.15, 0.2) is 0 Å². The predicted octanol–water partition coefficient (Wildman–Crippen LogP) is 6.03. The van der Waals surface area contributed by atoms with Gasteiger partial charge in [0, 0.05) is 30.0 Å². The largest absolute Gasteiger partial charge is 0.489 e. The van der Waals surface area contributed by atoms with Crippen molar-refractivity contribution in [3.05, 3.63) is 66.1 Å². The number of unbranched alkanes of at least 4 members (excludes halogenated alkanes) is 1. The van der Waals surface area contributed by atoms with Gasteiger partial charge in [0.2, 0.25) is 0 Å². The Morgan fingerprint density at radius 3 is 2.60 bits per heavy atom. The molecule has 4 rings (SSSR count). The second-order valence-electron chi connectivity index (χ2n) is 9.70. The minimum absolute atomic E-state index is 0.301. The van der Waals surface area contributed by atoms with E-state index in [0.717, 1.165) is 64.9 Å². The Bertz CT molecular complexity index is 1290. The van der Waals surface area contributed by atoms with E-state index < -0.39 is 0 Å². The molecule has 2 heterocycles. The molecule has 35 heavy (non-hydrogen) atoms. The van der Waals surface area contributed by atoms with Crippen molar-refractivity contribution in [2.24, 2.45) is 0 Å². The van der Waals surface area contributed by atoms with Crippen LogP contribution in [0.15, 0.2) is 54.7 Å². The van der Waals surface area contributed by atoms with E-state index >= 15 is 0 Å². The van der Waals surface area contributed by atoms with Crippen LogP contribution >= 0.6 is 0 Å². The van der Waals surface area contributed by atoms with E-state index in [-0.39, 0.29) is 11.6 Å². The zero-order chi connectivity index (χ0) is 24.8. The Balaban J connectivity index is 1.46. The summed E-state index contributed by atoms with van der Waals surface area (Å²) in [5, 5.41) is 3.87. The summed E-state index contributed by atoms with van der Waals surface area (Å²) in [6.45, 7) is 9.62. The Labute approximate surface area is 206 Å². The fraction of sp³-hybridized carbons (Fsp3) is 0.393. The highest BCUT2D eigenvalue weighted by molar-refractivity contribution is 6.02. The molecular formula is C28H34N4O3. The number of carbonyl (C=O) groups excluding carboxylic acids is 1. The fourth-order valence-electron chi connectivity index (χ4n) is 4.06. The molecule has 0 fully saturated rings. The molecule has 0 saturated heterocycles. The van der Waals surface area contributed by atoms with E-state index in [9.17, 15) is 4.79 Å². The van der Waals surface area contributed by atoms with Crippen LogP contribution in [-0.2, 0) is 24.3 Å². The van der Waals surface area contributed by atoms with E-state index in [1.807, 2.05) is 57.3 Å². The molecule has 0 bridgehead atoms. The zero-order valence-electron chi connectivity index (χ0n) is 21.0. The van der Waals surface area contributed by atoms with E-state index in [2.05, 4.69) is 40.0 Å². The van der Waals surface area contributed by atoms with Gasteiger partial charge in [-0.05, 0) is 51.3 Å². The number of aryl methyl sites for hydroxylation is 2. The number of ether oxygens (including phenoxy) is 2. The third kappa shape index (κ3) is 6.29. The van der Waals surface area contributed by atoms with Crippen molar-refractivity contribution in [3.8, 4) is 5.75 Å². The van der Waals surface area contributed by atoms with Crippen molar-refractivity contribution < 1.29 is 14.3 Å². The van der Waals surface area contributed by atoms with E-state index in [1.54, 1.807) is 0 Å². The van der Waals surface area contributed by atoms with Gasteiger partial charge in [-0.3, -0.25) is 4.98 Å². The van der Waals surface area contributed by atoms with Crippen LogP contribution in [0.5, 0.6) is 5.75 Å². The average Bonchev–Trinajstić information content (AvgIpc) is 3.20. The molecule has 0 spiro atoms. The molecule has 0 saturated carbocycles. The van der Waals surface area contributed by atoms with Gasteiger partial charge in [-0.15, -0.1) is 0 Å². The molecule has 184 valence electrons. The number of hydrogen-bond acceptors (Lipinski definition) is 5. The molecule has 0 aliphatic rings. The number of pyridine rings is 1. The number of aromatic nitrogens is 3. The number of nitrogens with one attached hydrogen (secondary N) is 1. The lowest BCUT2D eigenvalue weighted by atomic mass is 10.1. The first-order chi connectivity index (χ1) is 16.8. The molecule has 2 aromatic carbocycles. The number of fused-ring (bicyclic) bond motifs is 3. The van der Waals surface area contributed by atoms with Crippen molar-refractivity contribution in [2.75, 3.05) is 6.61 Å². The molecule has 1 N–H and O–H groups in total. The Kier molecular flexibility index (Phi) is 7.54. The molecule has 0 radical (unpaired) electrons. The van der Waals surface area contributed by atoms with E-state index in [0.29, 0.717) is 13.2 Å². The van der Waals surface area contributed by atoms with Crippen LogP contribution in [0, 0.1) is 0 Å². The van der Waals surface area contributed by atoms with Crippen molar-refractivity contribution in [2.45, 2.75) is 65.6 Å². The molecule has 0 aliphatic carbocycles. The van der Waals surface area contributed by atoms with Crippen LogP contribution in [0.25, 0.3) is 21.9 Å². The third-order valence-electron chi connectivity index (χ3n) is 5.67. The summed E-state index contributed by atoms with van der Waals surface area (Å²) in [4.78, 5) is 21.3. The van der Waals surface area contributed by atoms with Gasteiger partial charge < -0.3 is 19.4 Å². The highest BCUT2D eigenvalue weighted by atomic mass is 16.5. The summed E-state index contributed by atoms with van der Waals surface area (Å²) in [5.41, 5.74) is 3.70. The summed E-state index contributed by atoms with van der Waals surface area (Å²) in [7, 11) is 0. The van der Waals surface area contributed by atoms with Gasteiger partial charge in [0.05, 0.1) is 23.8 Å². The molecule has 7 nitrogen and oxygen atoms in total. The molecule has 0 atom stereocenters. The quantitative estimate of drug-likeness (QED) is 0.300. The second kappa shape index (κ2) is 10.8. The van der Waals surface area contributed by atoms with Crippen molar-refractivity contribution in [3.63, 3.8) is 0 Å². The molecule has 1 amide bonds. The van der Waals surface area contributed by atoms with Crippen LogP contribution in [0.2, 0.25) is 0 Å². The van der Waals surface area contributed by atoms with Gasteiger partial charge in [0.1, 0.15) is 23.7 Å². The number of rotatable bonds is 9. The van der Waals surface area contributed by atoms with Gasteiger partial charge in [0.25, 0.3) is 0 Å². The van der Waals surface area contributed by atoms with Crippen LogP contribution in [0.3, 0.4) is 0 Å². The lowest BCUT2D eigenvalue weighted by Crippen LogP contribution is -2.41. The lowest BCUT2D eigenvalue weighted by molar-refractivity contribution is 0.135. The molecule has 4 aromatic rings. The first-order valence-electron chi connectivity index (χ1n) is 12.2. The van der Waals surface area contributed by atoms with E-state index in [1.165, 1.54) is 0 Å². The number of imidazole rings is 1. The summed E-state index contributed by atoms with van der Waals surface area (Å²) in [5.74, 6) is 1.82. The normalized spacial score (nSPS) is 11.7. The van der Waals surface area contributed by atoms with Gasteiger partial charge in [-0.25, -0.2) is 9.78 Å². The Morgan fingerprint density at radius 1 is 1.06 bits per heavy atom. The first-order valence-corrected chi connectivity index (χ1v) is 12.2. The fourth-order valence-corrected chi connectivity index (χ4v) is 4.06. The molecule has 0 unspecified atom stereocenters. The van der Waals surface area contributed by atoms with Gasteiger partial charge in [-0.2, -0.15) is 0 Å².